The summed E-state index contributed by atoms with van der Waals surface area (Å²) in [5, 5.41) is 11.0. The van der Waals surface area contributed by atoms with Crippen molar-refractivity contribution in [3.05, 3.63) is 17.5 Å². The highest BCUT2D eigenvalue weighted by Gasteiger charge is 2.33. The molecule has 0 radical (unpaired) electrons. The maximum atomic E-state index is 11.9. The fourth-order valence-corrected chi connectivity index (χ4v) is 3.91. The molecule has 0 aromatic carbocycles. The van der Waals surface area contributed by atoms with Gasteiger partial charge in [-0.15, -0.1) is 11.3 Å². The topological polar surface area (TPSA) is 54.4 Å². The molecule has 0 saturated heterocycles. The highest BCUT2D eigenvalue weighted by atomic mass is 32.2. The minimum Gasteiger partial charge on any atom is -0.481 e. The van der Waals surface area contributed by atoms with Crippen LogP contribution in [0.2, 0.25) is 0 Å². The third kappa shape index (κ3) is 3.42. The molecule has 0 aliphatic rings. The van der Waals surface area contributed by atoms with E-state index in [4.69, 9.17) is 5.11 Å². The second-order valence-corrected chi connectivity index (χ2v) is 7.37. The molecule has 1 N–H and O–H groups in total. The van der Waals surface area contributed by atoms with E-state index in [0.29, 0.717) is 0 Å². The Morgan fingerprint density at radius 2 is 2.19 bits per heavy atom. The summed E-state index contributed by atoms with van der Waals surface area (Å²) in [6.07, 6.45) is 0. The lowest BCUT2D eigenvalue weighted by molar-refractivity contribution is -0.144. The third-order valence-corrected chi connectivity index (χ3v) is 5.11. The molecule has 0 spiro atoms. The molecular weight excluding hydrogens is 244 g/mol. The third-order valence-electron chi connectivity index (χ3n) is 2.38. The van der Waals surface area contributed by atoms with Crippen molar-refractivity contribution in [3.63, 3.8) is 0 Å². The van der Waals surface area contributed by atoms with Crippen molar-refractivity contribution in [1.29, 1.82) is 0 Å². The van der Waals surface area contributed by atoms with Crippen LogP contribution in [0.4, 0.5) is 0 Å². The summed E-state index contributed by atoms with van der Waals surface area (Å²) in [4.78, 5) is 11.1. The Bertz CT molecular complexity index is 376. The number of carboxylic acids is 1. The molecule has 1 aromatic heterocycles. The van der Waals surface area contributed by atoms with Gasteiger partial charge >= 0.3 is 5.97 Å². The molecule has 5 heteroatoms. The standard InChI is InChI=1S/C11H16O3S2/c1-11(2,3)8(10(12)13)7-16(14)9-5-4-6-15-9/h4-6,8H,7H2,1-3H3,(H,12,13). The molecule has 0 fully saturated rings. The predicted molar refractivity (Wildman–Crippen MR) is 66.2 cm³/mol. The zero-order valence-corrected chi connectivity index (χ0v) is 11.2. The smallest absolute Gasteiger partial charge is 0.307 e. The molecule has 90 valence electrons. The van der Waals surface area contributed by atoms with E-state index in [2.05, 4.69) is 0 Å². The SMILES string of the molecule is CC(C)(C)C(CS(=O)c1cccs1)C(=O)O. The summed E-state index contributed by atoms with van der Waals surface area (Å²) in [5.41, 5.74) is -0.376. The molecule has 2 atom stereocenters. The average Bonchev–Trinajstić information content (AvgIpc) is 2.63. The second kappa shape index (κ2) is 5.10. The van der Waals surface area contributed by atoms with Crippen molar-refractivity contribution in [1.82, 2.24) is 0 Å². The van der Waals surface area contributed by atoms with Crippen LogP contribution in [0.3, 0.4) is 0 Å². The molecule has 0 aliphatic heterocycles. The molecule has 16 heavy (non-hydrogen) atoms. The molecule has 1 aromatic rings. The van der Waals surface area contributed by atoms with E-state index >= 15 is 0 Å². The predicted octanol–water partition coefficient (Wildman–Crippen LogP) is 2.60. The lowest BCUT2D eigenvalue weighted by Gasteiger charge is -2.26. The van der Waals surface area contributed by atoms with E-state index in [-0.39, 0.29) is 11.2 Å². The molecule has 0 amide bonds. The maximum Gasteiger partial charge on any atom is 0.307 e. The van der Waals surface area contributed by atoms with Crippen LogP contribution in [0.1, 0.15) is 20.8 Å². The molecule has 0 bridgehead atoms. The summed E-state index contributed by atoms with van der Waals surface area (Å²) in [5.74, 6) is -1.29. The van der Waals surface area contributed by atoms with Gasteiger partial charge in [-0.2, -0.15) is 0 Å². The van der Waals surface area contributed by atoms with Gasteiger partial charge in [0.25, 0.3) is 0 Å². The lowest BCUT2D eigenvalue weighted by atomic mass is 9.82. The number of aliphatic carboxylic acids is 1. The zero-order valence-electron chi connectivity index (χ0n) is 9.60. The molecule has 0 aliphatic carbocycles. The van der Waals surface area contributed by atoms with Gasteiger partial charge in [-0.1, -0.05) is 26.8 Å². The Morgan fingerprint density at radius 3 is 2.56 bits per heavy atom. The number of carboxylic acid groups (broad SMARTS) is 1. The summed E-state index contributed by atoms with van der Waals surface area (Å²) in [6.45, 7) is 5.58. The van der Waals surface area contributed by atoms with E-state index in [0.717, 1.165) is 4.21 Å². The van der Waals surface area contributed by atoms with Crippen molar-refractivity contribution < 1.29 is 14.1 Å². The van der Waals surface area contributed by atoms with Gasteiger partial charge < -0.3 is 5.11 Å². The maximum absolute atomic E-state index is 11.9. The van der Waals surface area contributed by atoms with Gasteiger partial charge in [-0.05, 0) is 16.9 Å². The number of carbonyl (C=O) groups is 1. The fraction of sp³-hybridized carbons (Fsp3) is 0.545. The minimum absolute atomic E-state index is 0.180. The first-order valence-electron chi connectivity index (χ1n) is 4.97. The fourth-order valence-electron chi connectivity index (χ4n) is 1.32. The van der Waals surface area contributed by atoms with Gasteiger partial charge in [-0.25, -0.2) is 0 Å². The Morgan fingerprint density at radius 1 is 1.56 bits per heavy atom. The van der Waals surface area contributed by atoms with Crippen molar-refractivity contribution in [3.8, 4) is 0 Å². The van der Waals surface area contributed by atoms with E-state index in [1.165, 1.54) is 11.3 Å². The lowest BCUT2D eigenvalue weighted by Crippen LogP contribution is -2.32. The molecule has 3 nitrogen and oxygen atoms in total. The van der Waals surface area contributed by atoms with Crippen LogP contribution < -0.4 is 0 Å². The van der Waals surface area contributed by atoms with Crippen LogP contribution in [0.15, 0.2) is 21.7 Å². The molecule has 1 heterocycles. The number of hydrogen-bond donors (Lipinski definition) is 1. The summed E-state index contributed by atoms with van der Waals surface area (Å²) in [6, 6.07) is 3.60. The molecular formula is C11H16O3S2. The van der Waals surface area contributed by atoms with Crippen LogP contribution in [-0.4, -0.2) is 21.0 Å². The van der Waals surface area contributed by atoms with Crippen LogP contribution in [0.5, 0.6) is 0 Å². The monoisotopic (exact) mass is 260 g/mol. The van der Waals surface area contributed by atoms with E-state index in [9.17, 15) is 9.00 Å². The molecule has 2 unspecified atom stereocenters. The summed E-state index contributed by atoms with van der Waals surface area (Å²) < 4.78 is 12.7. The van der Waals surface area contributed by atoms with Crippen LogP contribution in [0.25, 0.3) is 0 Å². The van der Waals surface area contributed by atoms with Crippen molar-refractivity contribution >= 4 is 28.1 Å². The highest BCUT2D eigenvalue weighted by Crippen LogP contribution is 2.28. The quantitative estimate of drug-likeness (QED) is 0.905. The van der Waals surface area contributed by atoms with Crippen molar-refractivity contribution in [2.24, 2.45) is 11.3 Å². The van der Waals surface area contributed by atoms with Gasteiger partial charge in [0.05, 0.1) is 20.9 Å². The van der Waals surface area contributed by atoms with Gasteiger partial charge in [0.1, 0.15) is 0 Å². The largest absolute Gasteiger partial charge is 0.481 e. The minimum atomic E-state index is -1.21. The zero-order chi connectivity index (χ0) is 12.3. The Balaban J connectivity index is 2.78. The van der Waals surface area contributed by atoms with Crippen molar-refractivity contribution in [2.75, 3.05) is 5.75 Å². The van der Waals surface area contributed by atoms with Gasteiger partial charge in [0, 0.05) is 5.75 Å². The van der Waals surface area contributed by atoms with Crippen LogP contribution in [-0.2, 0) is 15.6 Å². The first-order chi connectivity index (χ1) is 7.32. The van der Waals surface area contributed by atoms with Gasteiger partial charge in [-0.3, -0.25) is 9.00 Å². The van der Waals surface area contributed by atoms with E-state index in [1.54, 1.807) is 6.07 Å². The first-order valence-corrected chi connectivity index (χ1v) is 7.17. The van der Waals surface area contributed by atoms with Crippen LogP contribution in [0, 0.1) is 11.3 Å². The number of hydrogen-bond acceptors (Lipinski definition) is 3. The van der Waals surface area contributed by atoms with E-state index < -0.39 is 22.7 Å². The summed E-state index contributed by atoms with van der Waals surface area (Å²) >= 11 is 1.40. The van der Waals surface area contributed by atoms with Gasteiger partial charge in [0.2, 0.25) is 0 Å². The number of thiophene rings is 1. The van der Waals surface area contributed by atoms with Crippen molar-refractivity contribution in [2.45, 2.75) is 25.0 Å². The highest BCUT2D eigenvalue weighted by molar-refractivity contribution is 7.87. The van der Waals surface area contributed by atoms with Gasteiger partial charge in [0.15, 0.2) is 0 Å². The molecule has 1 rings (SSSR count). The first kappa shape index (κ1) is 13.4. The number of rotatable bonds is 4. The van der Waals surface area contributed by atoms with E-state index in [1.807, 2.05) is 32.2 Å². The molecule has 0 saturated carbocycles. The second-order valence-electron chi connectivity index (χ2n) is 4.70. The Hall–Kier alpha value is -0.680. The Kier molecular flexibility index (Phi) is 4.27. The normalized spacial score (nSPS) is 15.7. The average molecular weight is 260 g/mol. The summed E-state index contributed by atoms with van der Waals surface area (Å²) in [7, 11) is -1.21. The van der Waals surface area contributed by atoms with Crippen LogP contribution >= 0.6 is 11.3 Å². The Labute approximate surface area is 102 Å².